The van der Waals surface area contributed by atoms with Gasteiger partial charge in [0.25, 0.3) is 5.91 Å². The van der Waals surface area contributed by atoms with Crippen LogP contribution in [0.5, 0.6) is 5.75 Å². The van der Waals surface area contributed by atoms with Crippen molar-refractivity contribution in [3.63, 3.8) is 0 Å². The summed E-state index contributed by atoms with van der Waals surface area (Å²) in [6, 6.07) is 11.7. The van der Waals surface area contributed by atoms with Gasteiger partial charge < -0.3 is 10.1 Å². The van der Waals surface area contributed by atoms with Gasteiger partial charge in [-0.3, -0.25) is 9.69 Å². The van der Waals surface area contributed by atoms with Crippen LogP contribution in [0, 0.1) is 0 Å². The summed E-state index contributed by atoms with van der Waals surface area (Å²) in [4.78, 5) is 15.4. The lowest BCUT2D eigenvalue weighted by molar-refractivity contribution is 0.0941. The lowest BCUT2D eigenvalue weighted by atomic mass is 10.0. The zero-order chi connectivity index (χ0) is 16.9. The third kappa shape index (κ3) is 3.91. The molecule has 1 aliphatic heterocycles. The predicted octanol–water partition coefficient (Wildman–Crippen LogP) is 3.98. The number of hydrogen-bond acceptors (Lipinski definition) is 4. The maximum absolute atomic E-state index is 12.4. The average molecular weight is 365 g/mol. The molecule has 4 nitrogen and oxygen atoms in total. The third-order valence-corrected chi connectivity index (χ3v) is 5.56. The number of rotatable bonds is 6. The van der Waals surface area contributed by atoms with Crippen LogP contribution in [-0.4, -0.2) is 37.6 Å². The minimum atomic E-state index is -0.0778. The summed E-state index contributed by atoms with van der Waals surface area (Å²) >= 11 is 7.22. The molecule has 0 bridgehead atoms. The molecule has 1 fully saturated rings. The number of ether oxygens (including phenoxy) is 1. The molecule has 2 heterocycles. The zero-order valence-electron chi connectivity index (χ0n) is 13.6. The van der Waals surface area contributed by atoms with Crippen molar-refractivity contribution < 1.29 is 9.53 Å². The van der Waals surface area contributed by atoms with Gasteiger partial charge in [0.2, 0.25) is 0 Å². The highest BCUT2D eigenvalue weighted by molar-refractivity contribution is 7.17. The number of amides is 1. The summed E-state index contributed by atoms with van der Waals surface area (Å²) in [7, 11) is 1.69. The average Bonchev–Trinajstić information content (AvgIpc) is 3.27. The van der Waals surface area contributed by atoms with E-state index in [0.29, 0.717) is 15.8 Å². The normalized spacial score (nSPS) is 16.1. The highest BCUT2D eigenvalue weighted by Crippen LogP contribution is 2.31. The minimum Gasteiger partial charge on any atom is -0.496 e. The van der Waals surface area contributed by atoms with Gasteiger partial charge in [0.1, 0.15) is 5.75 Å². The van der Waals surface area contributed by atoms with Crippen LogP contribution in [0.3, 0.4) is 0 Å². The van der Waals surface area contributed by atoms with Crippen molar-refractivity contribution in [1.29, 1.82) is 0 Å². The zero-order valence-corrected chi connectivity index (χ0v) is 15.2. The molecule has 1 atom stereocenters. The van der Waals surface area contributed by atoms with Gasteiger partial charge in [-0.15, -0.1) is 11.3 Å². The number of nitrogens with one attached hydrogen (secondary N) is 1. The number of hydrogen-bond donors (Lipinski definition) is 1. The number of halogens is 1. The molecule has 3 rings (SSSR count). The lowest BCUT2D eigenvalue weighted by Crippen LogP contribution is -2.36. The van der Waals surface area contributed by atoms with Crippen molar-refractivity contribution in [3.05, 3.63) is 51.2 Å². The summed E-state index contributed by atoms with van der Waals surface area (Å²) < 4.78 is 6.15. The van der Waals surface area contributed by atoms with E-state index in [2.05, 4.69) is 16.3 Å². The molecule has 1 saturated heterocycles. The van der Waals surface area contributed by atoms with Crippen molar-refractivity contribution in [3.8, 4) is 5.75 Å². The van der Waals surface area contributed by atoms with E-state index in [0.717, 1.165) is 24.4 Å². The first-order chi connectivity index (χ1) is 11.7. The Bertz CT molecular complexity index is 698. The predicted molar refractivity (Wildman–Crippen MR) is 98.2 cm³/mol. The Morgan fingerprint density at radius 2 is 2.04 bits per heavy atom. The van der Waals surface area contributed by atoms with Crippen LogP contribution >= 0.6 is 22.9 Å². The number of carbonyl (C=O) groups is 1. The second-order valence-electron chi connectivity index (χ2n) is 5.81. The van der Waals surface area contributed by atoms with Crippen molar-refractivity contribution >= 4 is 28.8 Å². The summed E-state index contributed by atoms with van der Waals surface area (Å²) in [6.45, 7) is 2.64. The standard InChI is InChI=1S/C18H21ClN2O2S/c1-23-15-7-3-2-6-13(15)14(21-10-4-5-11-21)12-20-18(22)16-8-9-17(19)24-16/h2-3,6-9,14H,4-5,10-12H2,1H3,(H,20,22)/t14-/m0/s1. The Morgan fingerprint density at radius 3 is 2.71 bits per heavy atom. The molecular formula is C18H21ClN2O2S. The van der Waals surface area contributed by atoms with Gasteiger partial charge in [-0.1, -0.05) is 29.8 Å². The van der Waals surface area contributed by atoms with E-state index in [9.17, 15) is 4.79 Å². The van der Waals surface area contributed by atoms with Crippen LogP contribution in [0.2, 0.25) is 4.34 Å². The number of para-hydroxylation sites is 1. The van der Waals surface area contributed by atoms with Gasteiger partial charge >= 0.3 is 0 Å². The largest absolute Gasteiger partial charge is 0.496 e. The molecule has 0 unspecified atom stereocenters. The SMILES string of the molecule is COc1ccccc1[C@H](CNC(=O)c1ccc(Cl)s1)N1CCCC1. The van der Waals surface area contributed by atoms with Crippen LogP contribution in [0.25, 0.3) is 0 Å². The van der Waals surface area contributed by atoms with Gasteiger partial charge in [-0.05, 0) is 44.1 Å². The molecule has 0 saturated carbocycles. The van der Waals surface area contributed by atoms with Crippen molar-refractivity contribution in [2.24, 2.45) is 0 Å². The summed E-state index contributed by atoms with van der Waals surface area (Å²) in [6.07, 6.45) is 2.39. The maximum Gasteiger partial charge on any atom is 0.261 e. The topological polar surface area (TPSA) is 41.6 Å². The first-order valence-electron chi connectivity index (χ1n) is 8.09. The number of carbonyl (C=O) groups excluding carboxylic acids is 1. The van der Waals surface area contributed by atoms with E-state index < -0.39 is 0 Å². The fourth-order valence-corrected chi connectivity index (χ4v) is 4.10. The van der Waals surface area contributed by atoms with Gasteiger partial charge in [-0.2, -0.15) is 0 Å². The highest BCUT2D eigenvalue weighted by atomic mass is 35.5. The van der Waals surface area contributed by atoms with Gasteiger partial charge in [0.15, 0.2) is 0 Å². The van der Waals surface area contributed by atoms with E-state index >= 15 is 0 Å². The molecule has 128 valence electrons. The van der Waals surface area contributed by atoms with E-state index in [4.69, 9.17) is 16.3 Å². The number of methoxy groups -OCH3 is 1. The molecule has 6 heteroatoms. The van der Waals surface area contributed by atoms with Crippen LogP contribution in [0.1, 0.15) is 34.1 Å². The van der Waals surface area contributed by atoms with Crippen LogP contribution in [0.15, 0.2) is 36.4 Å². The Hall–Kier alpha value is -1.56. The lowest BCUT2D eigenvalue weighted by Gasteiger charge is -2.29. The Balaban J connectivity index is 1.76. The van der Waals surface area contributed by atoms with E-state index in [1.165, 1.54) is 24.2 Å². The van der Waals surface area contributed by atoms with Gasteiger partial charge in [0, 0.05) is 12.1 Å². The smallest absolute Gasteiger partial charge is 0.261 e. The molecular weight excluding hydrogens is 344 g/mol. The molecule has 1 amide bonds. The monoisotopic (exact) mass is 364 g/mol. The molecule has 1 N–H and O–H groups in total. The Kier molecular flexibility index (Phi) is 5.76. The number of nitrogens with zero attached hydrogens (tertiary/aromatic N) is 1. The van der Waals surface area contributed by atoms with Crippen LogP contribution in [0.4, 0.5) is 0 Å². The number of benzene rings is 1. The van der Waals surface area contributed by atoms with E-state index in [-0.39, 0.29) is 11.9 Å². The molecule has 2 aromatic rings. The first-order valence-corrected chi connectivity index (χ1v) is 9.29. The summed E-state index contributed by atoms with van der Waals surface area (Å²) in [5.74, 6) is 0.786. The first kappa shape index (κ1) is 17.3. The molecule has 0 spiro atoms. The minimum absolute atomic E-state index is 0.0778. The van der Waals surface area contributed by atoms with Gasteiger partial charge in [-0.25, -0.2) is 0 Å². The molecule has 1 aliphatic rings. The van der Waals surface area contributed by atoms with Crippen LogP contribution < -0.4 is 10.1 Å². The van der Waals surface area contributed by atoms with Crippen LogP contribution in [-0.2, 0) is 0 Å². The molecule has 1 aromatic heterocycles. The van der Waals surface area contributed by atoms with Crippen molar-refractivity contribution in [2.75, 3.05) is 26.7 Å². The number of thiophene rings is 1. The molecule has 0 radical (unpaired) electrons. The van der Waals surface area contributed by atoms with Gasteiger partial charge in [0.05, 0.1) is 22.4 Å². The molecule has 0 aliphatic carbocycles. The van der Waals surface area contributed by atoms with E-state index in [1.807, 2.05) is 18.2 Å². The van der Waals surface area contributed by atoms with Crippen molar-refractivity contribution in [2.45, 2.75) is 18.9 Å². The second-order valence-corrected chi connectivity index (χ2v) is 7.53. The Morgan fingerprint density at radius 1 is 1.29 bits per heavy atom. The summed E-state index contributed by atoms with van der Waals surface area (Å²) in [5.41, 5.74) is 1.12. The fourth-order valence-electron chi connectivity index (χ4n) is 3.14. The third-order valence-electron chi connectivity index (χ3n) is 4.33. The highest BCUT2D eigenvalue weighted by Gasteiger charge is 2.26. The van der Waals surface area contributed by atoms with Crippen molar-refractivity contribution in [1.82, 2.24) is 10.2 Å². The second kappa shape index (κ2) is 8.01. The quantitative estimate of drug-likeness (QED) is 0.843. The molecule has 24 heavy (non-hydrogen) atoms. The Labute approximate surface area is 151 Å². The van der Waals surface area contributed by atoms with E-state index in [1.54, 1.807) is 19.2 Å². The molecule has 1 aromatic carbocycles. The number of likely N-dealkylation sites (tertiary alicyclic amines) is 1. The summed E-state index contributed by atoms with van der Waals surface area (Å²) in [5, 5.41) is 3.05. The maximum atomic E-state index is 12.4. The fraction of sp³-hybridized carbons (Fsp3) is 0.389.